The van der Waals surface area contributed by atoms with Gasteiger partial charge in [0.2, 0.25) is 0 Å². The van der Waals surface area contributed by atoms with Crippen LogP contribution in [0.15, 0.2) is 11.8 Å². The predicted octanol–water partition coefficient (Wildman–Crippen LogP) is 3.28. The van der Waals surface area contributed by atoms with Crippen molar-refractivity contribution in [3.05, 3.63) is 11.8 Å². The number of unbranched alkanes of at least 4 members (excludes halogenated alkanes) is 3. The molecule has 144 valence electrons. The SMILES string of the molecule is C/C=C(\[O-])[C@@H](C)[C@H](O[Si](CCCC)(CCCC)CCCC)C(C)C.[Li+]. The molecule has 0 rings (SSSR count). The molecule has 0 fully saturated rings. The monoisotopic (exact) mass is 362 g/mol. The van der Waals surface area contributed by atoms with Crippen LogP contribution in [0.25, 0.3) is 0 Å². The summed E-state index contributed by atoms with van der Waals surface area (Å²) in [6, 6.07) is 3.80. The van der Waals surface area contributed by atoms with Crippen LogP contribution in [-0.4, -0.2) is 14.4 Å². The number of hydrogen-bond donors (Lipinski definition) is 0. The molecule has 0 aromatic rings. The molecular formula is C21H43LiO2Si. The molecule has 0 N–H and O–H groups in total. The Hall–Kier alpha value is 0.314. The maximum absolute atomic E-state index is 12.3. The van der Waals surface area contributed by atoms with Crippen molar-refractivity contribution in [2.24, 2.45) is 11.8 Å². The van der Waals surface area contributed by atoms with Crippen molar-refractivity contribution in [1.82, 2.24) is 0 Å². The van der Waals surface area contributed by atoms with Crippen molar-refractivity contribution < 1.29 is 28.4 Å². The van der Waals surface area contributed by atoms with Crippen LogP contribution in [0.2, 0.25) is 18.1 Å². The molecule has 0 radical (unpaired) electrons. The van der Waals surface area contributed by atoms with Crippen molar-refractivity contribution in [1.29, 1.82) is 0 Å². The minimum absolute atomic E-state index is 0. The largest absolute Gasteiger partial charge is 1.00 e. The van der Waals surface area contributed by atoms with Gasteiger partial charge in [0.25, 0.3) is 0 Å². The molecule has 0 unspecified atom stereocenters. The van der Waals surface area contributed by atoms with Crippen molar-refractivity contribution in [2.75, 3.05) is 0 Å². The first-order valence-electron chi connectivity index (χ1n) is 10.4. The van der Waals surface area contributed by atoms with E-state index in [0.29, 0.717) is 5.92 Å². The number of rotatable bonds is 14. The fourth-order valence-corrected chi connectivity index (χ4v) is 8.73. The van der Waals surface area contributed by atoms with Gasteiger partial charge in [0.15, 0.2) is 8.32 Å². The molecular weight excluding hydrogens is 319 g/mol. The van der Waals surface area contributed by atoms with Gasteiger partial charge in [-0.3, -0.25) is 0 Å². The molecule has 0 aliphatic heterocycles. The second-order valence-corrected chi connectivity index (χ2v) is 11.9. The van der Waals surface area contributed by atoms with Crippen molar-refractivity contribution in [3.63, 3.8) is 0 Å². The molecule has 4 heteroatoms. The third-order valence-corrected chi connectivity index (χ3v) is 9.79. The molecule has 0 aromatic heterocycles. The summed E-state index contributed by atoms with van der Waals surface area (Å²) in [5.74, 6) is 0.602. The Kier molecular flexibility index (Phi) is 16.9. The quantitative estimate of drug-likeness (QED) is 0.351. The van der Waals surface area contributed by atoms with Crippen LogP contribution >= 0.6 is 0 Å². The molecule has 0 saturated heterocycles. The molecule has 2 atom stereocenters. The van der Waals surface area contributed by atoms with E-state index in [4.69, 9.17) is 4.43 Å². The topological polar surface area (TPSA) is 32.3 Å². The molecule has 0 saturated carbocycles. The summed E-state index contributed by atoms with van der Waals surface area (Å²) in [6.45, 7) is 15.2. The molecule has 0 bridgehead atoms. The Morgan fingerprint density at radius 1 is 0.920 bits per heavy atom. The van der Waals surface area contributed by atoms with Gasteiger partial charge < -0.3 is 9.53 Å². The van der Waals surface area contributed by atoms with Gasteiger partial charge in [-0.15, -0.1) is 5.76 Å². The van der Waals surface area contributed by atoms with Crippen molar-refractivity contribution >= 4 is 8.32 Å². The summed E-state index contributed by atoms with van der Waals surface area (Å²) in [7, 11) is -1.77. The summed E-state index contributed by atoms with van der Waals surface area (Å²) in [5, 5.41) is 12.3. The van der Waals surface area contributed by atoms with E-state index in [1.807, 2.05) is 6.92 Å². The van der Waals surface area contributed by atoms with Gasteiger partial charge in [0.1, 0.15) is 0 Å². The summed E-state index contributed by atoms with van der Waals surface area (Å²) in [4.78, 5) is 0. The Morgan fingerprint density at radius 3 is 1.60 bits per heavy atom. The van der Waals surface area contributed by atoms with E-state index >= 15 is 0 Å². The van der Waals surface area contributed by atoms with Crippen LogP contribution in [0.1, 0.15) is 87.0 Å². The minimum Gasteiger partial charge on any atom is -0.875 e. The normalized spacial score (nSPS) is 15.1. The zero-order valence-corrected chi connectivity index (χ0v) is 19.5. The molecule has 0 spiro atoms. The second kappa shape index (κ2) is 15.4. The zero-order chi connectivity index (χ0) is 18.6. The standard InChI is InChI=1S/C21H44O2Si.Li/c1-8-12-15-24(16-13-9-2,17-14-10-3)23-21(18(5)6)19(7)20(22)11-4;/h11,18-19,21-22H,8-10,12-17H2,1-7H3;/q;+1/p-1/b20-11-;/t19-,21-;/m1./s1. The average Bonchev–Trinajstić information content (AvgIpc) is 2.58. The van der Waals surface area contributed by atoms with E-state index in [2.05, 4.69) is 41.5 Å². The summed E-state index contributed by atoms with van der Waals surface area (Å²) in [6.07, 6.45) is 9.31. The maximum Gasteiger partial charge on any atom is 1.00 e. The molecule has 0 aromatic carbocycles. The van der Waals surface area contributed by atoms with Crippen LogP contribution in [0.4, 0.5) is 0 Å². The van der Waals surface area contributed by atoms with Gasteiger partial charge in [-0.1, -0.05) is 86.1 Å². The van der Waals surface area contributed by atoms with E-state index in [1.54, 1.807) is 6.08 Å². The minimum atomic E-state index is -1.77. The fraction of sp³-hybridized carbons (Fsp3) is 0.905. The molecule has 2 nitrogen and oxygen atoms in total. The maximum atomic E-state index is 12.3. The molecule has 0 heterocycles. The summed E-state index contributed by atoms with van der Waals surface area (Å²) >= 11 is 0. The van der Waals surface area contributed by atoms with Crippen LogP contribution in [0, 0.1) is 11.8 Å². The first-order chi connectivity index (χ1) is 11.4. The summed E-state index contributed by atoms with van der Waals surface area (Å²) < 4.78 is 6.99. The third kappa shape index (κ3) is 10.3. The van der Waals surface area contributed by atoms with Gasteiger partial charge in [-0.25, -0.2) is 0 Å². The van der Waals surface area contributed by atoms with Gasteiger partial charge in [-0.2, -0.15) is 0 Å². The van der Waals surface area contributed by atoms with Crippen LogP contribution in [0.5, 0.6) is 0 Å². The smallest absolute Gasteiger partial charge is 0.875 e. The average molecular weight is 363 g/mol. The Labute approximate surface area is 171 Å². The first kappa shape index (κ1) is 27.5. The van der Waals surface area contributed by atoms with Crippen LogP contribution in [0.3, 0.4) is 0 Å². The Bertz CT molecular complexity index is 323. The zero-order valence-electron chi connectivity index (χ0n) is 18.5. The van der Waals surface area contributed by atoms with E-state index < -0.39 is 8.32 Å². The molecule has 0 aliphatic carbocycles. The van der Waals surface area contributed by atoms with Crippen molar-refractivity contribution in [3.8, 4) is 0 Å². The van der Waals surface area contributed by atoms with E-state index in [-0.39, 0.29) is 36.6 Å². The Morgan fingerprint density at radius 2 is 1.32 bits per heavy atom. The first-order valence-corrected chi connectivity index (χ1v) is 12.9. The number of hydrogen-bond acceptors (Lipinski definition) is 2. The van der Waals surface area contributed by atoms with Crippen LogP contribution < -0.4 is 24.0 Å². The van der Waals surface area contributed by atoms with Gasteiger partial charge >= 0.3 is 18.9 Å². The van der Waals surface area contributed by atoms with E-state index in [9.17, 15) is 5.11 Å². The molecule has 0 aliphatic rings. The van der Waals surface area contributed by atoms with Gasteiger partial charge in [0, 0.05) is 0 Å². The Balaban J connectivity index is 0. The van der Waals surface area contributed by atoms with E-state index in [1.165, 1.54) is 56.7 Å². The van der Waals surface area contributed by atoms with E-state index in [0.717, 1.165) is 0 Å². The fourth-order valence-electron chi connectivity index (χ4n) is 3.58. The summed E-state index contributed by atoms with van der Waals surface area (Å²) in [5.41, 5.74) is 0. The van der Waals surface area contributed by atoms with Crippen LogP contribution in [-0.2, 0) is 4.43 Å². The molecule has 0 amide bonds. The molecule has 25 heavy (non-hydrogen) atoms. The second-order valence-electron chi connectivity index (χ2n) is 7.80. The van der Waals surface area contributed by atoms with Gasteiger partial charge in [-0.05, 0) is 36.9 Å². The third-order valence-electron chi connectivity index (χ3n) is 5.23. The predicted molar refractivity (Wildman–Crippen MR) is 108 cm³/mol. The number of allylic oxidation sites excluding steroid dienone is 1. The van der Waals surface area contributed by atoms with Crippen molar-refractivity contribution in [2.45, 2.75) is 111 Å². The van der Waals surface area contributed by atoms with Gasteiger partial charge in [0.05, 0.1) is 6.10 Å².